The van der Waals surface area contributed by atoms with Gasteiger partial charge in [0.15, 0.2) is 41.9 Å². The molecular formula is C15H17F10NaO7S. The average Bonchev–Trinajstić information content (AvgIpc) is 2.71. The Balaban J connectivity index is -0.00000512. The SMILES string of the molecule is O=CC(C(=O)OCC(F)C(F)C(F)C(F)F)C(C(=O)CC(F)C(F)C(F)C(F)F)S(=O)(=O)O.[H-].[Na+]. The van der Waals surface area contributed by atoms with Crippen LogP contribution in [0.3, 0.4) is 0 Å². The molecule has 0 saturated carbocycles. The van der Waals surface area contributed by atoms with Crippen molar-refractivity contribution in [3.63, 3.8) is 0 Å². The van der Waals surface area contributed by atoms with Crippen LogP contribution in [0.15, 0.2) is 0 Å². The van der Waals surface area contributed by atoms with Crippen LogP contribution in [0.5, 0.6) is 0 Å². The Bertz CT molecular complexity index is 781. The average molecular weight is 554 g/mol. The van der Waals surface area contributed by atoms with Crippen LogP contribution >= 0.6 is 0 Å². The van der Waals surface area contributed by atoms with E-state index in [-0.39, 0.29) is 31.0 Å². The van der Waals surface area contributed by atoms with E-state index in [2.05, 4.69) is 4.74 Å². The van der Waals surface area contributed by atoms with Crippen LogP contribution in [0.25, 0.3) is 0 Å². The van der Waals surface area contributed by atoms with E-state index in [4.69, 9.17) is 4.55 Å². The van der Waals surface area contributed by atoms with Crippen molar-refractivity contribution < 1.29 is 107 Å². The monoisotopic (exact) mass is 554 g/mol. The van der Waals surface area contributed by atoms with Gasteiger partial charge in [0.2, 0.25) is 0 Å². The molecule has 0 heterocycles. The molecule has 8 unspecified atom stereocenters. The van der Waals surface area contributed by atoms with E-state index in [1.807, 2.05) is 0 Å². The quantitative estimate of drug-likeness (QED) is 0.0707. The fourth-order valence-corrected chi connectivity index (χ4v) is 3.22. The first-order valence-corrected chi connectivity index (χ1v) is 9.99. The molecule has 8 atom stereocenters. The van der Waals surface area contributed by atoms with Crippen molar-refractivity contribution in [2.45, 2.75) is 61.6 Å². The molecule has 0 fully saturated rings. The minimum absolute atomic E-state index is 0. The number of ketones is 1. The molecule has 0 rings (SSSR count). The number of hydrogen-bond donors (Lipinski definition) is 1. The van der Waals surface area contributed by atoms with Crippen molar-refractivity contribution in [2.75, 3.05) is 6.61 Å². The van der Waals surface area contributed by atoms with Crippen molar-refractivity contribution in [2.24, 2.45) is 5.92 Å². The summed E-state index contributed by atoms with van der Waals surface area (Å²) >= 11 is 0. The third-order valence-corrected chi connectivity index (χ3v) is 5.14. The molecule has 0 aromatic rings. The summed E-state index contributed by atoms with van der Waals surface area (Å²) in [4.78, 5) is 34.7. The number of esters is 1. The van der Waals surface area contributed by atoms with Gasteiger partial charge in [-0.05, 0) is 0 Å². The molecule has 0 aromatic carbocycles. The van der Waals surface area contributed by atoms with E-state index in [1.54, 1.807) is 0 Å². The second kappa shape index (κ2) is 15.2. The van der Waals surface area contributed by atoms with Gasteiger partial charge in [-0.15, -0.1) is 0 Å². The van der Waals surface area contributed by atoms with Crippen molar-refractivity contribution in [1.82, 2.24) is 0 Å². The summed E-state index contributed by atoms with van der Waals surface area (Å²) in [6.07, 6.45) is -32.2. The maximum atomic E-state index is 13.6. The number of alkyl halides is 10. The summed E-state index contributed by atoms with van der Waals surface area (Å²) in [7, 11) is -5.85. The number of aldehydes is 1. The molecule has 0 amide bonds. The fraction of sp³-hybridized carbons (Fsp3) is 0.800. The van der Waals surface area contributed by atoms with Crippen LogP contribution < -0.4 is 29.6 Å². The van der Waals surface area contributed by atoms with Crippen LogP contribution in [0, 0.1) is 5.92 Å². The first kappa shape index (κ1) is 35.2. The summed E-state index contributed by atoms with van der Waals surface area (Å²) in [5, 5.41) is -3.29. The summed E-state index contributed by atoms with van der Waals surface area (Å²) in [5.74, 6) is -7.40. The van der Waals surface area contributed by atoms with E-state index in [9.17, 15) is 66.7 Å². The van der Waals surface area contributed by atoms with Gasteiger partial charge < -0.3 is 11.0 Å². The molecular weight excluding hydrogens is 537 g/mol. The Morgan fingerprint density at radius 3 is 1.59 bits per heavy atom. The zero-order chi connectivity index (χ0) is 26.3. The number of ether oxygens (including phenoxy) is 1. The molecule has 34 heavy (non-hydrogen) atoms. The molecule has 7 nitrogen and oxygen atoms in total. The van der Waals surface area contributed by atoms with Crippen molar-refractivity contribution in [1.29, 1.82) is 0 Å². The molecule has 196 valence electrons. The van der Waals surface area contributed by atoms with Crippen molar-refractivity contribution in [3.05, 3.63) is 0 Å². The zero-order valence-electron chi connectivity index (χ0n) is 17.8. The molecule has 0 saturated heterocycles. The summed E-state index contributed by atoms with van der Waals surface area (Å²) in [6, 6.07) is 0. The van der Waals surface area contributed by atoms with Gasteiger partial charge in [-0.1, -0.05) is 0 Å². The van der Waals surface area contributed by atoms with Crippen LogP contribution in [0.1, 0.15) is 7.85 Å². The van der Waals surface area contributed by atoms with Gasteiger partial charge in [-0.25, -0.2) is 43.9 Å². The minimum Gasteiger partial charge on any atom is -1.00 e. The Labute approximate surface area is 209 Å². The Morgan fingerprint density at radius 2 is 1.24 bits per heavy atom. The van der Waals surface area contributed by atoms with Crippen LogP contribution in [-0.2, 0) is 29.2 Å². The predicted octanol–water partition coefficient (Wildman–Crippen LogP) is -0.764. The summed E-state index contributed by atoms with van der Waals surface area (Å²) < 4.78 is 163. The first-order chi connectivity index (χ1) is 15.0. The second-order valence-electron chi connectivity index (χ2n) is 6.38. The molecule has 0 bridgehead atoms. The molecule has 0 spiro atoms. The fourth-order valence-electron chi connectivity index (χ4n) is 2.25. The van der Waals surface area contributed by atoms with Gasteiger partial charge in [0.05, 0.1) is 0 Å². The van der Waals surface area contributed by atoms with Gasteiger partial charge in [-0.3, -0.25) is 14.1 Å². The smallest absolute Gasteiger partial charge is 1.00 e. The Morgan fingerprint density at radius 1 is 0.824 bits per heavy atom. The van der Waals surface area contributed by atoms with Crippen LogP contribution in [0.4, 0.5) is 43.9 Å². The maximum absolute atomic E-state index is 13.6. The Kier molecular flexibility index (Phi) is 15.7. The van der Waals surface area contributed by atoms with Gasteiger partial charge in [-0.2, -0.15) is 8.42 Å². The zero-order valence-corrected chi connectivity index (χ0v) is 19.7. The van der Waals surface area contributed by atoms with Gasteiger partial charge >= 0.3 is 35.5 Å². The number of hydrogen-bond acceptors (Lipinski definition) is 6. The largest absolute Gasteiger partial charge is 1.00 e. The standard InChI is InChI=1S/C15H16F10O7S.Na.H/c16-5(8(18)10(20)13(22)23)1-7(27)12(33(29,30)31)4(2-26)15(28)32-3-6(17)9(19)11(21)14(24)25;;/h2,4-6,8-14H,1,3H2,(H,29,30,31);;/q;+1;-1. The first-order valence-electron chi connectivity index (χ1n) is 8.48. The third kappa shape index (κ3) is 10.3. The normalized spacial score (nSPS) is 19.2. The van der Waals surface area contributed by atoms with Gasteiger partial charge in [0, 0.05) is 6.42 Å². The van der Waals surface area contributed by atoms with E-state index in [0.29, 0.717) is 0 Å². The minimum atomic E-state index is -5.85. The Hall–Kier alpha value is -0.980. The molecule has 0 radical (unpaired) electrons. The van der Waals surface area contributed by atoms with Gasteiger partial charge in [0.25, 0.3) is 23.0 Å². The maximum Gasteiger partial charge on any atom is 1.00 e. The molecule has 19 heteroatoms. The van der Waals surface area contributed by atoms with E-state index in [1.165, 1.54) is 0 Å². The summed E-state index contributed by atoms with van der Waals surface area (Å²) in [6.45, 7) is -1.89. The number of Topliss-reactive ketones (excluding diaryl/α,β-unsaturated/α-hetero) is 1. The molecule has 0 aliphatic heterocycles. The molecule has 0 aliphatic carbocycles. The second-order valence-corrected chi connectivity index (χ2v) is 7.91. The number of halogens is 10. The number of carbonyl (C=O) groups excluding carboxylic acids is 3. The topological polar surface area (TPSA) is 115 Å². The molecule has 0 aromatic heterocycles. The van der Waals surface area contributed by atoms with E-state index < -0.39 is 102 Å². The third-order valence-electron chi connectivity index (χ3n) is 3.95. The van der Waals surface area contributed by atoms with Crippen LogP contribution in [-0.4, -0.2) is 92.7 Å². The number of rotatable bonds is 15. The molecule has 1 N–H and O–H groups in total. The van der Waals surface area contributed by atoms with Gasteiger partial charge in [0.1, 0.15) is 25.0 Å². The summed E-state index contributed by atoms with van der Waals surface area (Å²) in [5.41, 5.74) is 0. The van der Waals surface area contributed by atoms with E-state index >= 15 is 0 Å². The van der Waals surface area contributed by atoms with Crippen molar-refractivity contribution in [3.8, 4) is 0 Å². The number of carbonyl (C=O) groups is 3. The van der Waals surface area contributed by atoms with E-state index in [0.717, 1.165) is 0 Å². The van der Waals surface area contributed by atoms with Crippen LogP contribution in [0.2, 0.25) is 0 Å². The van der Waals surface area contributed by atoms with Crippen molar-refractivity contribution >= 4 is 28.2 Å². The predicted molar refractivity (Wildman–Crippen MR) is 88.0 cm³/mol. The molecule has 0 aliphatic rings.